The number of anilines is 3. The summed E-state index contributed by atoms with van der Waals surface area (Å²) in [7, 11) is 0. The topological polar surface area (TPSA) is 91.8 Å². The highest BCUT2D eigenvalue weighted by atomic mass is 19.1. The van der Waals surface area contributed by atoms with Gasteiger partial charge in [0.2, 0.25) is 0 Å². The Balaban J connectivity index is 1.43. The smallest absolute Gasteiger partial charge is 0.251 e. The molecule has 3 aromatic rings. The van der Waals surface area contributed by atoms with Gasteiger partial charge in [-0.05, 0) is 48.9 Å². The van der Waals surface area contributed by atoms with Crippen molar-refractivity contribution >= 4 is 23.2 Å². The van der Waals surface area contributed by atoms with Gasteiger partial charge in [0, 0.05) is 24.8 Å². The highest BCUT2D eigenvalue weighted by Crippen LogP contribution is 2.13. The van der Waals surface area contributed by atoms with E-state index in [0.29, 0.717) is 35.9 Å². The molecule has 1 aromatic carbocycles. The van der Waals surface area contributed by atoms with Crippen LogP contribution in [0.2, 0.25) is 0 Å². The number of amides is 1. The second-order valence-corrected chi connectivity index (χ2v) is 5.82. The maximum atomic E-state index is 13.5. The van der Waals surface area contributed by atoms with Crippen molar-refractivity contribution in [2.75, 3.05) is 23.7 Å². The lowest BCUT2D eigenvalue weighted by atomic mass is 10.1. The van der Waals surface area contributed by atoms with E-state index in [1.54, 1.807) is 43.6 Å². The Kier molecular flexibility index (Phi) is 5.88. The van der Waals surface area contributed by atoms with Crippen molar-refractivity contribution < 1.29 is 9.18 Å². The van der Waals surface area contributed by atoms with Crippen LogP contribution in [0.3, 0.4) is 0 Å². The van der Waals surface area contributed by atoms with E-state index >= 15 is 0 Å². The third-order valence-corrected chi connectivity index (χ3v) is 3.75. The average Bonchev–Trinajstić information content (AvgIpc) is 2.69. The molecule has 0 atom stereocenters. The van der Waals surface area contributed by atoms with Gasteiger partial charge < -0.3 is 16.0 Å². The molecule has 0 aliphatic carbocycles. The normalized spacial score (nSPS) is 10.3. The molecule has 0 saturated carbocycles. The molecule has 0 spiro atoms. The van der Waals surface area contributed by atoms with Gasteiger partial charge in [-0.25, -0.2) is 4.39 Å². The summed E-state index contributed by atoms with van der Waals surface area (Å²) in [5, 5.41) is 17.0. The van der Waals surface area contributed by atoms with Gasteiger partial charge in [0.25, 0.3) is 5.91 Å². The summed E-state index contributed by atoms with van der Waals surface area (Å²) in [6.07, 6.45) is 3.38. The number of hydrogen-bond acceptors (Lipinski definition) is 6. The SMILES string of the molecule is Cc1ccc(C(=O)NCCNc2ccc(Nc3cccnc3)nn2)cc1F. The van der Waals surface area contributed by atoms with E-state index in [2.05, 4.69) is 31.1 Å². The molecule has 2 aromatic heterocycles. The number of carbonyl (C=O) groups is 1. The van der Waals surface area contributed by atoms with E-state index in [-0.39, 0.29) is 5.91 Å². The Bertz CT molecular complexity index is 902. The zero-order valence-electron chi connectivity index (χ0n) is 14.7. The van der Waals surface area contributed by atoms with Gasteiger partial charge >= 0.3 is 0 Å². The number of halogens is 1. The number of hydrogen-bond donors (Lipinski definition) is 3. The lowest BCUT2D eigenvalue weighted by Gasteiger charge is -2.08. The lowest BCUT2D eigenvalue weighted by Crippen LogP contribution is -2.29. The molecule has 2 heterocycles. The molecule has 0 radical (unpaired) electrons. The number of aromatic nitrogens is 3. The van der Waals surface area contributed by atoms with Gasteiger partial charge in [0.1, 0.15) is 11.6 Å². The van der Waals surface area contributed by atoms with Gasteiger partial charge in [-0.15, -0.1) is 10.2 Å². The minimum Gasteiger partial charge on any atom is -0.367 e. The van der Waals surface area contributed by atoms with E-state index < -0.39 is 5.82 Å². The fourth-order valence-corrected chi connectivity index (χ4v) is 2.28. The van der Waals surface area contributed by atoms with Gasteiger partial charge in [0.15, 0.2) is 5.82 Å². The van der Waals surface area contributed by atoms with E-state index in [4.69, 9.17) is 0 Å². The maximum Gasteiger partial charge on any atom is 0.251 e. The van der Waals surface area contributed by atoms with Gasteiger partial charge in [0.05, 0.1) is 11.9 Å². The van der Waals surface area contributed by atoms with Crippen molar-refractivity contribution in [3.63, 3.8) is 0 Å². The first kappa shape index (κ1) is 18.2. The van der Waals surface area contributed by atoms with Crippen molar-refractivity contribution in [1.29, 1.82) is 0 Å². The maximum absolute atomic E-state index is 13.5. The van der Waals surface area contributed by atoms with Crippen molar-refractivity contribution in [3.05, 3.63) is 71.8 Å². The summed E-state index contributed by atoms with van der Waals surface area (Å²) in [6, 6.07) is 11.7. The van der Waals surface area contributed by atoms with Crippen molar-refractivity contribution in [3.8, 4) is 0 Å². The summed E-state index contributed by atoms with van der Waals surface area (Å²) in [5.74, 6) is 0.472. The van der Waals surface area contributed by atoms with Crippen LogP contribution in [-0.4, -0.2) is 34.2 Å². The molecule has 0 fully saturated rings. The van der Waals surface area contributed by atoms with Gasteiger partial charge in [-0.3, -0.25) is 9.78 Å². The molecule has 0 bridgehead atoms. The molecule has 3 rings (SSSR count). The molecule has 7 nitrogen and oxygen atoms in total. The highest BCUT2D eigenvalue weighted by Gasteiger charge is 2.07. The summed E-state index contributed by atoms with van der Waals surface area (Å²) < 4.78 is 13.5. The number of rotatable bonds is 7. The molecule has 0 unspecified atom stereocenters. The molecule has 27 heavy (non-hydrogen) atoms. The van der Waals surface area contributed by atoms with Crippen LogP contribution in [-0.2, 0) is 0 Å². The van der Waals surface area contributed by atoms with Crippen LogP contribution in [0.1, 0.15) is 15.9 Å². The molecule has 3 N–H and O–H groups in total. The number of nitrogens with zero attached hydrogens (tertiary/aromatic N) is 3. The summed E-state index contributed by atoms with van der Waals surface area (Å²) >= 11 is 0. The zero-order valence-corrected chi connectivity index (χ0v) is 14.7. The van der Waals surface area contributed by atoms with Crippen molar-refractivity contribution in [2.45, 2.75) is 6.92 Å². The van der Waals surface area contributed by atoms with E-state index in [9.17, 15) is 9.18 Å². The first-order valence-electron chi connectivity index (χ1n) is 8.41. The second kappa shape index (κ2) is 8.70. The quantitative estimate of drug-likeness (QED) is 0.557. The summed E-state index contributed by atoms with van der Waals surface area (Å²) in [4.78, 5) is 16.0. The van der Waals surface area contributed by atoms with Crippen LogP contribution in [0.5, 0.6) is 0 Å². The number of aryl methyl sites for hydroxylation is 1. The predicted molar refractivity (Wildman–Crippen MR) is 102 cm³/mol. The minimum atomic E-state index is -0.393. The van der Waals surface area contributed by atoms with Crippen molar-refractivity contribution in [1.82, 2.24) is 20.5 Å². The summed E-state index contributed by atoms with van der Waals surface area (Å²) in [6.45, 7) is 2.48. The van der Waals surface area contributed by atoms with Crippen LogP contribution < -0.4 is 16.0 Å². The molecule has 8 heteroatoms. The molecule has 1 amide bonds. The van der Waals surface area contributed by atoms with Crippen LogP contribution in [0.4, 0.5) is 21.7 Å². The molecule has 0 saturated heterocycles. The van der Waals surface area contributed by atoms with Crippen LogP contribution in [0.25, 0.3) is 0 Å². The molecular weight excluding hydrogens is 347 g/mol. The van der Waals surface area contributed by atoms with Gasteiger partial charge in [-0.1, -0.05) is 6.07 Å². The highest BCUT2D eigenvalue weighted by molar-refractivity contribution is 5.94. The number of nitrogens with one attached hydrogen (secondary N) is 3. The third-order valence-electron chi connectivity index (χ3n) is 3.75. The van der Waals surface area contributed by atoms with Crippen molar-refractivity contribution in [2.24, 2.45) is 0 Å². The number of carbonyl (C=O) groups excluding carboxylic acids is 1. The predicted octanol–water partition coefficient (Wildman–Crippen LogP) is 2.90. The van der Waals surface area contributed by atoms with Crippen LogP contribution >= 0.6 is 0 Å². The second-order valence-electron chi connectivity index (χ2n) is 5.82. The Labute approximate surface area is 156 Å². The fourth-order valence-electron chi connectivity index (χ4n) is 2.28. The first-order valence-corrected chi connectivity index (χ1v) is 8.41. The monoisotopic (exact) mass is 366 g/mol. The standard InChI is InChI=1S/C19H19FN6O/c1-13-4-5-14(11-16(13)20)19(27)23-10-9-22-17-6-7-18(26-25-17)24-15-3-2-8-21-12-15/h2-8,11-12H,9-10H2,1H3,(H,22,25)(H,23,27)(H,24,26). The molecular formula is C19H19FN6O. The molecule has 0 aliphatic heterocycles. The summed E-state index contributed by atoms with van der Waals surface area (Å²) in [5.41, 5.74) is 1.62. The minimum absolute atomic E-state index is 0.295. The lowest BCUT2D eigenvalue weighted by molar-refractivity contribution is 0.0954. The van der Waals surface area contributed by atoms with E-state index in [1.165, 1.54) is 6.07 Å². The molecule has 138 valence electrons. The third kappa shape index (κ3) is 5.21. The zero-order chi connectivity index (χ0) is 19.1. The van der Waals surface area contributed by atoms with E-state index in [0.717, 1.165) is 5.69 Å². The fraction of sp³-hybridized carbons (Fsp3) is 0.158. The number of benzene rings is 1. The largest absolute Gasteiger partial charge is 0.367 e. The van der Waals surface area contributed by atoms with Crippen LogP contribution in [0, 0.1) is 12.7 Å². The first-order chi connectivity index (χ1) is 13.1. The Morgan fingerprint density at radius 3 is 2.59 bits per heavy atom. The molecule has 0 aliphatic rings. The van der Waals surface area contributed by atoms with Gasteiger partial charge in [-0.2, -0.15) is 0 Å². The Hall–Kier alpha value is -3.55. The Morgan fingerprint density at radius 2 is 1.89 bits per heavy atom. The average molecular weight is 366 g/mol. The number of pyridine rings is 1. The van der Waals surface area contributed by atoms with Crippen LogP contribution in [0.15, 0.2) is 54.9 Å². The van der Waals surface area contributed by atoms with E-state index in [1.807, 2.05) is 12.1 Å². The Morgan fingerprint density at radius 1 is 1.07 bits per heavy atom.